The van der Waals surface area contributed by atoms with E-state index in [9.17, 15) is 5.11 Å². The van der Waals surface area contributed by atoms with Gasteiger partial charge in [0.15, 0.2) is 0 Å². The molecule has 0 bridgehead atoms. The van der Waals surface area contributed by atoms with Gasteiger partial charge < -0.3 is 15.2 Å². The summed E-state index contributed by atoms with van der Waals surface area (Å²) in [7, 11) is 1.63. The third-order valence-electron chi connectivity index (χ3n) is 3.64. The highest BCUT2D eigenvalue weighted by molar-refractivity contribution is 9.10. The van der Waals surface area contributed by atoms with Crippen LogP contribution in [-0.2, 0) is 0 Å². The monoisotopic (exact) mass is 340 g/mol. The number of piperazine rings is 1. The molecule has 1 aromatic carbocycles. The fourth-order valence-corrected chi connectivity index (χ4v) is 3.05. The van der Waals surface area contributed by atoms with Gasteiger partial charge in [0.05, 0.1) is 11.6 Å². The van der Waals surface area contributed by atoms with Crippen molar-refractivity contribution in [2.75, 3.05) is 33.3 Å². The first-order chi connectivity index (χ1) is 9.67. The summed E-state index contributed by atoms with van der Waals surface area (Å²) in [5, 5.41) is 13.7. The fourth-order valence-electron chi connectivity index (χ4n) is 2.59. The Morgan fingerprint density at radius 3 is 2.80 bits per heavy atom. The van der Waals surface area contributed by atoms with E-state index in [4.69, 9.17) is 4.74 Å². The molecule has 1 aliphatic rings. The first-order valence-electron chi connectivity index (χ1n) is 6.79. The van der Waals surface area contributed by atoms with Crippen molar-refractivity contribution in [2.24, 2.45) is 0 Å². The largest absolute Gasteiger partial charge is 0.506 e. The molecule has 1 aliphatic heterocycles. The van der Waals surface area contributed by atoms with Crippen LogP contribution in [0, 0.1) is 0 Å². The summed E-state index contributed by atoms with van der Waals surface area (Å²) in [6, 6.07) is 3.82. The summed E-state index contributed by atoms with van der Waals surface area (Å²) < 4.78 is 5.97. The Hall–Kier alpha value is -1.04. The lowest BCUT2D eigenvalue weighted by molar-refractivity contribution is 0.171. The molecule has 0 amide bonds. The van der Waals surface area contributed by atoms with Crippen molar-refractivity contribution in [3.8, 4) is 11.5 Å². The second-order valence-corrected chi connectivity index (χ2v) is 5.73. The normalized spacial score (nSPS) is 17.7. The summed E-state index contributed by atoms with van der Waals surface area (Å²) in [6.07, 6.45) is 2.70. The van der Waals surface area contributed by atoms with Gasteiger partial charge in [-0.25, -0.2) is 0 Å². The molecule has 4 nitrogen and oxygen atoms in total. The number of methoxy groups -OCH3 is 1. The maximum atomic E-state index is 10.4. The zero-order valence-electron chi connectivity index (χ0n) is 11.7. The Morgan fingerprint density at radius 1 is 1.50 bits per heavy atom. The number of rotatable bonds is 5. The van der Waals surface area contributed by atoms with E-state index < -0.39 is 0 Å². The van der Waals surface area contributed by atoms with E-state index in [2.05, 4.69) is 32.7 Å². The van der Waals surface area contributed by atoms with E-state index in [1.54, 1.807) is 13.2 Å². The van der Waals surface area contributed by atoms with Crippen molar-refractivity contribution < 1.29 is 9.84 Å². The Balaban J connectivity index is 2.36. The van der Waals surface area contributed by atoms with E-state index in [1.165, 1.54) is 0 Å². The molecule has 0 unspecified atom stereocenters. The minimum Gasteiger partial charge on any atom is -0.506 e. The van der Waals surface area contributed by atoms with Crippen molar-refractivity contribution in [1.29, 1.82) is 0 Å². The van der Waals surface area contributed by atoms with E-state index >= 15 is 0 Å². The Labute approximate surface area is 128 Å². The quantitative estimate of drug-likeness (QED) is 0.809. The lowest BCUT2D eigenvalue weighted by atomic mass is 9.99. The minimum atomic E-state index is 0.126. The van der Waals surface area contributed by atoms with Gasteiger partial charge in [-0.2, -0.15) is 0 Å². The van der Waals surface area contributed by atoms with Gasteiger partial charge in [0, 0.05) is 37.8 Å². The topological polar surface area (TPSA) is 44.7 Å². The van der Waals surface area contributed by atoms with Crippen LogP contribution < -0.4 is 10.1 Å². The number of benzene rings is 1. The molecule has 0 radical (unpaired) electrons. The highest BCUT2D eigenvalue weighted by Gasteiger charge is 2.25. The summed E-state index contributed by atoms with van der Waals surface area (Å²) in [5.41, 5.74) is 0.887. The molecule has 1 aromatic rings. The van der Waals surface area contributed by atoms with Crippen LogP contribution in [-0.4, -0.2) is 43.3 Å². The molecule has 2 N–H and O–H groups in total. The number of nitrogens with zero attached hydrogens (tertiary/aromatic N) is 1. The molecule has 0 aromatic heterocycles. The van der Waals surface area contributed by atoms with Crippen molar-refractivity contribution in [1.82, 2.24) is 10.2 Å². The minimum absolute atomic E-state index is 0.126. The van der Waals surface area contributed by atoms with Gasteiger partial charge >= 0.3 is 0 Å². The first kappa shape index (κ1) is 15.4. The molecular formula is C15H21BrN2O2. The van der Waals surface area contributed by atoms with Crippen molar-refractivity contribution in [3.63, 3.8) is 0 Å². The summed E-state index contributed by atoms with van der Waals surface area (Å²) in [4.78, 5) is 2.37. The molecule has 2 rings (SSSR count). The molecule has 1 saturated heterocycles. The number of nitrogens with one attached hydrogen (secondary N) is 1. The van der Waals surface area contributed by atoms with Crippen LogP contribution in [0.3, 0.4) is 0 Å². The van der Waals surface area contributed by atoms with Crippen LogP contribution in [0.4, 0.5) is 0 Å². The van der Waals surface area contributed by atoms with Crippen molar-refractivity contribution >= 4 is 15.9 Å². The zero-order valence-corrected chi connectivity index (χ0v) is 13.3. The van der Waals surface area contributed by atoms with Gasteiger partial charge in [-0.1, -0.05) is 6.08 Å². The molecule has 0 spiro atoms. The number of hydrogen-bond donors (Lipinski definition) is 2. The van der Waals surface area contributed by atoms with Crippen molar-refractivity contribution in [3.05, 3.63) is 34.8 Å². The second-order valence-electron chi connectivity index (χ2n) is 4.87. The maximum Gasteiger partial charge on any atom is 0.134 e. The summed E-state index contributed by atoms with van der Waals surface area (Å²) >= 11 is 3.39. The van der Waals surface area contributed by atoms with Crippen LogP contribution in [0.5, 0.6) is 11.5 Å². The smallest absolute Gasteiger partial charge is 0.134 e. The molecule has 20 heavy (non-hydrogen) atoms. The third kappa shape index (κ3) is 3.34. The molecule has 1 atom stereocenters. The fraction of sp³-hybridized carbons (Fsp3) is 0.467. The van der Waals surface area contributed by atoms with Gasteiger partial charge in [0.1, 0.15) is 11.5 Å². The Morgan fingerprint density at radius 2 is 2.20 bits per heavy atom. The van der Waals surface area contributed by atoms with Crippen LogP contribution in [0.25, 0.3) is 0 Å². The lowest BCUT2D eigenvalue weighted by Gasteiger charge is -2.35. The Bertz CT molecular complexity index is 473. The average Bonchev–Trinajstić information content (AvgIpc) is 2.48. The molecule has 5 heteroatoms. The van der Waals surface area contributed by atoms with Crippen LogP contribution >= 0.6 is 15.9 Å². The number of halogens is 1. The van der Waals surface area contributed by atoms with E-state index in [1.807, 2.05) is 12.1 Å². The molecule has 0 aliphatic carbocycles. The average molecular weight is 341 g/mol. The number of ether oxygens (including phenoxy) is 1. The second kappa shape index (κ2) is 7.11. The van der Waals surface area contributed by atoms with Gasteiger partial charge in [-0.3, -0.25) is 4.90 Å². The highest BCUT2D eigenvalue weighted by atomic mass is 79.9. The lowest BCUT2D eigenvalue weighted by Crippen LogP contribution is -2.45. The van der Waals surface area contributed by atoms with Crippen LogP contribution in [0.2, 0.25) is 0 Å². The predicted octanol–water partition coefficient (Wildman–Crippen LogP) is 2.69. The molecule has 1 fully saturated rings. The molecular weight excluding hydrogens is 320 g/mol. The van der Waals surface area contributed by atoms with Crippen LogP contribution in [0.15, 0.2) is 29.3 Å². The molecule has 1 heterocycles. The number of phenolic OH excluding ortho intramolecular Hbond substituents is 1. The maximum absolute atomic E-state index is 10.4. The van der Waals surface area contributed by atoms with Crippen LogP contribution in [0.1, 0.15) is 18.0 Å². The summed E-state index contributed by atoms with van der Waals surface area (Å²) in [6.45, 7) is 7.72. The van der Waals surface area contributed by atoms with E-state index in [0.29, 0.717) is 4.47 Å². The van der Waals surface area contributed by atoms with Gasteiger partial charge in [-0.05, 0) is 34.5 Å². The van der Waals surface area contributed by atoms with Gasteiger partial charge in [0.2, 0.25) is 0 Å². The van der Waals surface area contributed by atoms with Gasteiger partial charge in [0.25, 0.3) is 0 Å². The number of phenols is 1. The van der Waals surface area contributed by atoms with Gasteiger partial charge in [-0.15, -0.1) is 6.58 Å². The number of hydrogen-bond acceptors (Lipinski definition) is 4. The first-order valence-corrected chi connectivity index (χ1v) is 7.58. The SMILES string of the molecule is C=CC[C@@H](c1cc(OC)cc(Br)c1O)N1CCNCC1. The van der Waals surface area contributed by atoms with Crippen molar-refractivity contribution in [2.45, 2.75) is 12.5 Å². The summed E-state index contributed by atoms with van der Waals surface area (Å²) in [5.74, 6) is 1.03. The highest BCUT2D eigenvalue weighted by Crippen LogP contribution is 2.39. The molecule has 0 saturated carbocycles. The van der Waals surface area contributed by atoms with E-state index in [0.717, 1.165) is 43.9 Å². The zero-order chi connectivity index (χ0) is 14.5. The Kier molecular flexibility index (Phi) is 5.46. The third-order valence-corrected chi connectivity index (χ3v) is 4.25. The van der Waals surface area contributed by atoms with E-state index in [-0.39, 0.29) is 11.8 Å². The molecule has 110 valence electrons. The predicted molar refractivity (Wildman–Crippen MR) is 84.4 cm³/mol. The standard InChI is InChI=1S/C15H21BrN2O2/c1-3-4-14(18-7-5-17-6-8-18)12-9-11(20-2)10-13(16)15(12)19/h3,9-10,14,17,19H,1,4-8H2,2H3/t14-/m0/s1. The number of aromatic hydroxyl groups is 1.